The maximum absolute atomic E-state index is 12.3. The van der Waals surface area contributed by atoms with Gasteiger partial charge in [0, 0.05) is 38.3 Å². The van der Waals surface area contributed by atoms with Crippen molar-refractivity contribution in [3.63, 3.8) is 0 Å². The normalized spacial score (nSPS) is 12.2. The highest BCUT2D eigenvalue weighted by Gasteiger charge is 2.19. The standard InChI is InChI=1S/C21H26N4O3/c1-15(14-19(26)22-17-10-12-18(13-11-17)25(2)3)23-24-21(27)20(28-4)16-8-6-5-7-9-16/h5-13,20H,14H2,1-4H3,(H,22,26)(H,24,27)/b23-15-/t20-/m1/s1. The van der Waals surface area contributed by atoms with E-state index in [4.69, 9.17) is 4.74 Å². The molecule has 0 aromatic heterocycles. The lowest BCUT2D eigenvalue weighted by Crippen LogP contribution is -2.28. The fraction of sp³-hybridized carbons (Fsp3) is 0.286. The van der Waals surface area contributed by atoms with Crippen LogP contribution >= 0.6 is 0 Å². The van der Waals surface area contributed by atoms with Crippen LogP contribution in [0.3, 0.4) is 0 Å². The van der Waals surface area contributed by atoms with Gasteiger partial charge in [0.25, 0.3) is 5.91 Å². The van der Waals surface area contributed by atoms with Crippen LogP contribution in [0, 0.1) is 0 Å². The van der Waals surface area contributed by atoms with E-state index < -0.39 is 12.0 Å². The van der Waals surface area contributed by atoms with Crippen molar-refractivity contribution < 1.29 is 14.3 Å². The molecule has 2 aromatic rings. The number of rotatable bonds is 8. The molecule has 2 N–H and O–H groups in total. The molecule has 0 bridgehead atoms. The van der Waals surface area contributed by atoms with Crippen molar-refractivity contribution >= 4 is 28.9 Å². The first-order valence-electron chi connectivity index (χ1n) is 8.88. The molecule has 0 aliphatic heterocycles. The number of carbonyl (C=O) groups is 2. The fourth-order valence-electron chi connectivity index (χ4n) is 2.55. The van der Waals surface area contributed by atoms with Gasteiger partial charge in [-0.2, -0.15) is 5.10 Å². The molecule has 0 spiro atoms. The summed E-state index contributed by atoms with van der Waals surface area (Å²) >= 11 is 0. The van der Waals surface area contributed by atoms with Gasteiger partial charge in [-0.3, -0.25) is 9.59 Å². The zero-order chi connectivity index (χ0) is 20.5. The summed E-state index contributed by atoms with van der Waals surface area (Å²) in [5.41, 5.74) is 5.43. The van der Waals surface area contributed by atoms with Gasteiger partial charge >= 0.3 is 0 Å². The van der Waals surface area contributed by atoms with E-state index in [0.29, 0.717) is 11.4 Å². The van der Waals surface area contributed by atoms with Crippen LogP contribution in [0.2, 0.25) is 0 Å². The second kappa shape index (κ2) is 10.2. The predicted octanol–water partition coefficient (Wildman–Crippen LogP) is 2.96. The number of amides is 2. The van der Waals surface area contributed by atoms with Gasteiger partial charge in [0.15, 0.2) is 6.10 Å². The van der Waals surface area contributed by atoms with Crippen LogP contribution in [0.25, 0.3) is 0 Å². The molecule has 2 amide bonds. The second-order valence-electron chi connectivity index (χ2n) is 6.52. The van der Waals surface area contributed by atoms with Crippen LogP contribution in [0.5, 0.6) is 0 Å². The summed E-state index contributed by atoms with van der Waals surface area (Å²) in [6.45, 7) is 1.68. The molecular weight excluding hydrogens is 356 g/mol. The summed E-state index contributed by atoms with van der Waals surface area (Å²) in [6, 6.07) is 16.7. The molecule has 1 atom stereocenters. The molecule has 2 aromatic carbocycles. The summed E-state index contributed by atoms with van der Waals surface area (Å²) in [5, 5.41) is 6.82. The zero-order valence-electron chi connectivity index (χ0n) is 16.6. The highest BCUT2D eigenvalue weighted by atomic mass is 16.5. The summed E-state index contributed by atoms with van der Waals surface area (Å²) in [4.78, 5) is 26.4. The molecule has 0 fully saturated rings. The van der Waals surface area contributed by atoms with Gasteiger partial charge in [0.05, 0.1) is 6.42 Å². The van der Waals surface area contributed by atoms with Gasteiger partial charge in [0.2, 0.25) is 5.91 Å². The quantitative estimate of drug-likeness (QED) is 0.543. The number of hydrogen-bond donors (Lipinski definition) is 2. The van der Waals surface area contributed by atoms with E-state index in [9.17, 15) is 9.59 Å². The van der Waals surface area contributed by atoms with Crippen molar-refractivity contribution in [2.45, 2.75) is 19.4 Å². The first-order chi connectivity index (χ1) is 13.4. The lowest BCUT2D eigenvalue weighted by molar-refractivity contribution is -0.131. The van der Waals surface area contributed by atoms with Crippen molar-refractivity contribution in [1.29, 1.82) is 0 Å². The molecule has 7 heteroatoms. The van der Waals surface area contributed by atoms with Crippen LogP contribution in [0.4, 0.5) is 11.4 Å². The van der Waals surface area contributed by atoms with Crippen LogP contribution in [0.15, 0.2) is 59.7 Å². The first kappa shape index (κ1) is 21.1. The smallest absolute Gasteiger partial charge is 0.273 e. The molecule has 0 aliphatic carbocycles. The van der Waals surface area contributed by atoms with Crippen molar-refractivity contribution in [3.8, 4) is 0 Å². The number of carbonyl (C=O) groups excluding carboxylic acids is 2. The summed E-state index contributed by atoms with van der Waals surface area (Å²) < 4.78 is 5.25. The third-order valence-electron chi connectivity index (χ3n) is 4.02. The maximum atomic E-state index is 12.3. The van der Waals surface area contributed by atoms with Crippen molar-refractivity contribution in [1.82, 2.24) is 5.43 Å². The molecule has 0 radical (unpaired) electrons. The van der Waals surface area contributed by atoms with Gasteiger partial charge in [0.1, 0.15) is 0 Å². The zero-order valence-corrected chi connectivity index (χ0v) is 16.6. The number of hydrogen-bond acceptors (Lipinski definition) is 5. The first-order valence-corrected chi connectivity index (χ1v) is 8.88. The number of hydrazone groups is 1. The van der Waals surface area contributed by atoms with Crippen molar-refractivity contribution in [2.75, 3.05) is 31.4 Å². The summed E-state index contributed by atoms with van der Waals surface area (Å²) in [6.07, 6.45) is -0.694. The van der Waals surface area contributed by atoms with Crippen LogP contribution in [-0.4, -0.2) is 38.7 Å². The Morgan fingerprint density at radius 1 is 1.07 bits per heavy atom. The van der Waals surface area contributed by atoms with E-state index in [1.165, 1.54) is 7.11 Å². The molecule has 28 heavy (non-hydrogen) atoms. The van der Waals surface area contributed by atoms with Gasteiger partial charge in [-0.05, 0) is 36.8 Å². The Morgan fingerprint density at radius 2 is 1.71 bits per heavy atom. The number of nitrogens with one attached hydrogen (secondary N) is 2. The molecule has 7 nitrogen and oxygen atoms in total. The fourth-order valence-corrected chi connectivity index (χ4v) is 2.55. The van der Waals surface area contributed by atoms with Crippen LogP contribution in [0.1, 0.15) is 25.0 Å². The molecule has 2 rings (SSSR count). The average Bonchev–Trinajstić information content (AvgIpc) is 2.68. The molecule has 0 heterocycles. The third-order valence-corrected chi connectivity index (χ3v) is 4.02. The number of methoxy groups -OCH3 is 1. The molecule has 0 aliphatic rings. The Labute approximate surface area is 165 Å². The Bertz CT molecular complexity index is 817. The SMILES string of the molecule is CO[C@@H](C(=O)N/N=C(/C)CC(=O)Nc1ccc(N(C)C)cc1)c1ccccc1. The Balaban J connectivity index is 1.88. The maximum Gasteiger partial charge on any atom is 0.273 e. The Morgan fingerprint density at radius 3 is 2.29 bits per heavy atom. The van der Waals surface area contributed by atoms with E-state index in [-0.39, 0.29) is 12.3 Å². The molecule has 0 saturated carbocycles. The van der Waals surface area contributed by atoms with Gasteiger partial charge in [-0.25, -0.2) is 5.43 Å². The number of nitrogens with zero attached hydrogens (tertiary/aromatic N) is 2. The topological polar surface area (TPSA) is 83.0 Å². The second-order valence-corrected chi connectivity index (χ2v) is 6.52. The molecule has 0 unspecified atom stereocenters. The minimum atomic E-state index is -0.762. The minimum absolute atomic E-state index is 0.0682. The average molecular weight is 382 g/mol. The van der Waals surface area contributed by atoms with E-state index in [1.54, 1.807) is 19.1 Å². The van der Waals surface area contributed by atoms with E-state index in [2.05, 4.69) is 15.8 Å². The largest absolute Gasteiger partial charge is 0.378 e. The van der Waals surface area contributed by atoms with Crippen LogP contribution in [-0.2, 0) is 14.3 Å². The Kier molecular flexibility index (Phi) is 7.71. The highest BCUT2D eigenvalue weighted by molar-refractivity contribution is 6.05. The van der Waals surface area contributed by atoms with Crippen molar-refractivity contribution in [3.05, 3.63) is 60.2 Å². The van der Waals surface area contributed by atoms with E-state index >= 15 is 0 Å². The lowest BCUT2D eigenvalue weighted by atomic mass is 10.1. The third kappa shape index (κ3) is 6.21. The lowest BCUT2D eigenvalue weighted by Gasteiger charge is -2.14. The van der Waals surface area contributed by atoms with Crippen molar-refractivity contribution in [2.24, 2.45) is 5.10 Å². The predicted molar refractivity (Wildman–Crippen MR) is 111 cm³/mol. The molecule has 148 valence electrons. The van der Waals surface area contributed by atoms with E-state index in [1.807, 2.05) is 61.5 Å². The molecule has 0 saturated heterocycles. The molecular formula is C21H26N4O3. The summed E-state index contributed by atoms with van der Waals surface area (Å²) in [7, 11) is 5.37. The monoisotopic (exact) mass is 382 g/mol. The highest BCUT2D eigenvalue weighted by Crippen LogP contribution is 2.17. The van der Waals surface area contributed by atoms with Gasteiger partial charge in [-0.1, -0.05) is 30.3 Å². The van der Waals surface area contributed by atoms with Crippen LogP contribution < -0.4 is 15.6 Å². The number of benzene rings is 2. The number of ether oxygens (including phenoxy) is 1. The van der Waals surface area contributed by atoms with E-state index in [0.717, 1.165) is 11.3 Å². The minimum Gasteiger partial charge on any atom is -0.378 e. The van der Waals surface area contributed by atoms with Gasteiger partial charge < -0.3 is 15.0 Å². The Hall–Kier alpha value is -3.19. The summed E-state index contributed by atoms with van der Waals surface area (Å²) in [5.74, 6) is -0.604. The number of anilines is 2. The van der Waals surface area contributed by atoms with Gasteiger partial charge in [-0.15, -0.1) is 0 Å².